The van der Waals surface area contributed by atoms with Crippen LogP contribution in [0, 0.1) is 5.92 Å². The van der Waals surface area contributed by atoms with Gasteiger partial charge in [0.15, 0.2) is 0 Å². The molecule has 0 aromatic rings. The molecule has 0 fully saturated rings. The van der Waals surface area contributed by atoms with E-state index in [2.05, 4.69) is 41.5 Å². The second-order valence-corrected chi connectivity index (χ2v) is 17.0. The monoisotopic (exact) mass is 370 g/mol. The molecule has 0 saturated heterocycles. The fourth-order valence-electron chi connectivity index (χ4n) is 2.89. The Hall–Kier alpha value is 0.940. The normalized spacial score (nSPS) is 14.2. The molecule has 0 bridgehead atoms. The van der Waals surface area contributed by atoms with E-state index < -0.39 is 30.3 Å². The van der Waals surface area contributed by atoms with Gasteiger partial charge in [0.25, 0.3) is 0 Å². The first-order valence-corrected chi connectivity index (χ1v) is 13.6. The van der Waals surface area contributed by atoms with Crippen molar-refractivity contribution in [1.82, 2.24) is 0 Å². The van der Waals surface area contributed by atoms with Crippen LogP contribution in [0.5, 0.6) is 0 Å². The zero-order valence-electron chi connectivity index (χ0n) is 13.7. The Labute approximate surface area is 126 Å². The van der Waals surface area contributed by atoms with Crippen molar-refractivity contribution in [3.8, 4) is 0 Å². The van der Waals surface area contributed by atoms with E-state index in [1.165, 1.54) is 0 Å². The Balaban J connectivity index is 5.10. The van der Waals surface area contributed by atoms with E-state index in [0.717, 1.165) is 0 Å². The van der Waals surface area contributed by atoms with Crippen molar-refractivity contribution in [2.24, 2.45) is 5.92 Å². The minimum absolute atomic E-state index is 0.271. The molecule has 4 nitrogen and oxygen atoms in total. The van der Waals surface area contributed by atoms with Gasteiger partial charge in [-0.2, -0.15) is 0 Å². The number of hydrogen-bond donors (Lipinski definition) is 2. The van der Waals surface area contributed by atoms with Crippen LogP contribution in [-0.4, -0.2) is 21.3 Å². The van der Waals surface area contributed by atoms with Crippen LogP contribution in [0.4, 0.5) is 0 Å². The van der Waals surface area contributed by atoms with Gasteiger partial charge < -0.3 is 0 Å². The van der Waals surface area contributed by atoms with E-state index >= 15 is 0 Å². The maximum absolute atomic E-state index is 10.2. The van der Waals surface area contributed by atoms with Crippen molar-refractivity contribution in [3.63, 3.8) is 0 Å². The molecule has 116 valence electrons. The van der Waals surface area contributed by atoms with Gasteiger partial charge in [0.05, 0.1) is 0 Å². The van der Waals surface area contributed by atoms with Crippen molar-refractivity contribution in [2.75, 3.05) is 6.61 Å². The summed E-state index contributed by atoms with van der Waals surface area (Å²) in [4.78, 5) is 0. The van der Waals surface area contributed by atoms with Crippen LogP contribution in [0.2, 0.25) is 16.6 Å². The molecule has 0 saturated carbocycles. The molecular formula is C13H32O4SiZr. The van der Waals surface area contributed by atoms with Crippen LogP contribution < -0.4 is 0 Å². The minimum atomic E-state index is -4.82. The number of rotatable bonds is 8. The maximum atomic E-state index is 10.2. The van der Waals surface area contributed by atoms with Crippen LogP contribution >= 0.6 is 0 Å². The molecule has 0 aliphatic rings. The molecule has 0 heterocycles. The molecule has 0 atom stereocenters. The van der Waals surface area contributed by atoms with E-state index in [0.29, 0.717) is 23.2 Å². The van der Waals surface area contributed by atoms with Gasteiger partial charge in [0.2, 0.25) is 0 Å². The predicted molar refractivity (Wildman–Crippen MR) is 77.4 cm³/mol. The summed E-state index contributed by atoms with van der Waals surface area (Å²) < 4.78 is 31.7. The Morgan fingerprint density at radius 3 is 1.47 bits per heavy atom. The quantitative estimate of drug-likeness (QED) is 0.639. The van der Waals surface area contributed by atoms with Gasteiger partial charge in [-0.05, 0) is 0 Å². The molecule has 0 aromatic carbocycles. The summed E-state index contributed by atoms with van der Waals surface area (Å²) >= 11 is -4.82. The van der Waals surface area contributed by atoms with Crippen LogP contribution in [0.25, 0.3) is 0 Å². The summed E-state index contributed by atoms with van der Waals surface area (Å²) in [6.07, 6.45) is 0. The van der Waals surface area contributed by atoms with Crippen molar-refractivity contribution >= 4 is 8.32 Å². The van der Waals surface area contributed by atoms with E-state index in [1.54, 1.807) is 0 Å². The summed E-state index contributed by atoms with van der Waals surface area (Å²) in [6.45, 7) is 17.1. The van der Waals surface area contributed by atoms with Gasteiger partial charge in [0.1, 0.15) is 0 Å². The molecular weight excluding hydrogens is 339 g/mol. The third kappa shape index (κ3) is 5.68. The Bertz CT molecular complexity index is 246. The van der Waals surface area contributed by atoms with Crippen LogP contribution in [-0.2, 0) is 27.3 Å². The van der Waals surface area contributed by atoms with Crippen molar-refractivity contribution in [3.05, 3.63) is 0 Å². The molecule has 0 amide bonds. The van der Waals surface area contributed by atoms with Crippen molar-refractivity contribution in [1.29, 1.82) is 0 Å². The number of hydrogen-bond acceptors (Lipinski definition) is 4. The SMILES string of the molecule is CC(C)C[O][Zr]([OH])([OH])[O][Si](C(C)C)(C(C)C)C(C)C. The topological polar surface area (TPSA) is 58.9 Å². The van der Waals surface area contributed by atoms with Gasteiger partial charge in [-0.15, -0.1) is 0 Å². The fraction of sp³-hybridized carbons (Fsp3) is 1.00. The van der Waals surface area contributed by atoms with E-state index in [-0.39, 0.29) is 5.92 Å². The zero-order chi connectivity index (χ0) is 15.4. The molecule has 6 heteroatoms. The predicted octanol–water partition coefficient (Wildman–Crippen LogP) is 3.65. The van der Waals surface area contributed by atoms with Gasteiger partial charge >= 0.3 is 127 Å². The molecule has 0 radical (unpaired) electrons. The molecule has 0 unspecified atom stereocenters. The fourth-order valence-corrected chi connectivity index (χ4v) is 18.5. The Morgan fingerprint density at radius 1 is 0.842 bits per heavy atom. The summed E-state index contributed by atoms with van der Waals surface area (Å²) in [7, 11) is -2.27. The Morgan fingerprint density at radius 2 is 1.21 bits per heavy atom. The second-order valence-electron chi connectivity index (χ2n) is 6.67. The first-order valence-electron chi connectivity index (χ1n) is 7.24. The first-order chi connectivity index (χ1) is 8.45. The molecule has 2 N–H and O–H groups in total. The molecule has 0 spiro atoms. The van der Waals surface area contributed by atoms with Crippen LogP contribution in [0.3, 0.4) is 0 Å². The van der Waals surface area contributed by atoms with Crippen LogP contribution in [0.15, 0.2) is 0 Å². The standard InChI is InChI=1S/C9H21OSi.C4H9O.2H2O.Zr/c1-7(2)11(10,8(3)4)9(5)6;1-4(2)3-5;;;/h7-9H,1-6H3;4H,3H2,1-2H3;2*1H2;/q2*-1;;;+4/p-2. The Kier molecular flexibility index (Phi) is 8.19. The van der Waals surface area contributed by atoms with E-state index in [9.17, 15) is 6.37 Å². The molecule has 0 aromatic heterocycles. The summed E-state index contributed by atoms with van der Waals surface area (Å²) in [5, 5.41) is 0. The second kappa shape index (κ2) is 7.81. The van der Waals surface area contributed by atoms with E-state index in [1.807, 2.05) is 13.8 Å². The third-order valence-corrected chi connectivity index (χ3v) is 15.6. The van der Waals surface area contributed by atoms with Crippen molar-refractivity contribution in [2.45, 2.75) is 72.0 Å². The average molecular weight is 372 g/mol. The average Bonchev–Trinajstić information content (AvgIpc) is 2.22. The van der Waals surface area contributed by atoms with Crippen LogP contribution in [0.1, 0.15) is 55.4 Å². The third-order valence-electron chi connectivity index (χ3n) is 3.62. The zero-order valence-corrected chi connectivity index (χ0v) is 17.2. The van der Waals surface area contributed by atoms with Gasteiger partial charge in [-0.3, -0.25) is 0 Å². The molecule has 0 aliphatic carbocycles. The van der Waals surface area contributed by atoms with Crippen molar-refractivity contribution < 1.29 is 33.7 Å². The van der Waals surface area contributed by atoms with Gasteiger partial charge in [-0.1, -0.05) is 0 Å². The molecule has 0 aliphatic heterocycles. The molecule has 0 rings (SSSR count). The first kappa shape index (κ1) is 19.9. The molecule has 19 heavy (non-hydrogen) atoms. The van der Waals surface area contributed by atoms with E-state index in [4.69, 9.17) is 5.32 Å². The van der Waals surface area contributed by atoms with Gasteiger partial charge in [0, 0.05) is 0 Å². The summed E-state index contributed by atoms with van der Waals surface area (Å²) in [6, 6.07) is 0. The summed E-state index contributed by atoms with van der Waals surface area (Å²) in [5.41, 5.74) is 0.974. The van der Waals surface area contributed by atoms with Gasteiger partial charge in [-0.25, -0.2) is 0 Å². The summed E-state index contributed by atoms with van der Waals surface area (Å²) in [5.74, 6) is 0.271.